The van der Waals surface area contributed by atoms with Crippen molar-refractivity contribution in [3.05, 3.63) is 83.4 Å². The van der Waals surface area contributed by atoms with E-state index in [-0.39, 0.29) is 12.2 Å². The van der Waals surface area contributed by atoms with E-state index in [0.717, 1.165) is 28.9 Å². The van der Waals surface area contributed by atoms with E-state index in [9.17, 15) is 23.2 Å². The highest BCUT2D eigenvalue weighted by Gasteiger charge is 2.34. The highest BCUT2D eigenvalue weighted by atomic mass is 19.4. The van der Waals surface area contributed by atoms with E-state index in [1.54, 1.807) is 26.1 Å². The molecule has 0 aromatic heterocycles. The van der Waals surface area contributed by atoms with Crippen LogP contribution in [0.2, 0.25) is 0 Å². The molecule has 1 atom stereocenters. The summed E-state index contributed by atoms with van der Waals surface area (Å²) in [4.78, 5) is 14.5. The molecule has 1 amide bonds. The van der Waals surface area contributed by atoms with Gasteiger partial charge in [-0.3, -0.25) is 4.79 Å². The minimum absolute atomic E-state index is 0.0319. The Kier molecular flexibility index (Phi) is 7.23. The molecule has 0 heterocycles. The summed E-state index contributed by atoms with van der Waals surface area (Å²) in [7, 11) is 1.80. The van der Waals surface area contributed by atoms with Crippen molar-refractivity contribution in [2.75, 3.05) is 23.8 Å². The molecule has 3 rings (SSSR count). The van der Waals surface area contributed by atoms with E-state index >= 15 is 0 Å². The maximum absolute atomic E-state index is 13.2. The van der Waals surface area contributed by atoms with Crippen molar-refractivity contribution in [1.29, 1.82) is 10.5 Å². The molecule has 5 nitrogen and oxygen atoms in total. The molecule has 0 aliphatic carbocycles. The summed E-state index contributed by atoms with van der Waals surface area (Å²) in [5.74, 6) is -1.02. The SMILES string of the molecule is CC(CN(C)c1ccc(C#N)c(-c2ccccc2)c1)C(=O)Nc1ccc(C#N)c(C(F)(F)F)c1. The topological polar surface area (TPSA) is 79.9 Å². The Morgan fingerprint density at radius 3 is 2.26 bits per heavy atom. The fourth-order valence-electron chi connectivity index (χ4n) is 3.54. The largest absolute Gasteiger partial charge is 0.417 e. The zero-order valence-corrected chi connectivity index (χ0v) is 18.5. The van der Waals surface area contributed by atoms with Crippen LogP contribution in [0, 0.1) is 28.6 Å². The molecule has 0 saturated carbocycles. The van der Waals surface area contributed by atoms with Gasteiger partial charge in [-0.05, 0) is 42.0 Å². The van der Waals surface area contributed by atoms with Crippen LogP contribution in [0.5, 0.6) is 0 Å². The molecule has 8 heteroatoms. The van der Waals surface area contributed by atoms with Gasteiger partial charge in [0.25, 0.3) is 0 Å². The van der Waals surface area contributed by atoms with Gasteiger partial charge in [0.2, 0.25) is 5.91 Å². The maximum Gasteiger partial charge on any atom is 0.417 e. The second-order valence-corrected chi connectivity index (χ2v) is 7.85. The van der Waals surface area contributed by atoms with Gasteiger partial charge < -0.3 is 10.2 Å². The number of hydrogen-bond acceptors (Lipinski definition) is 4. The van der Waals surface area contributed by atoms with Crippen LogP contribution in [0.3, 0.4) is 0 Å². The Morgan fingerprint density at radius 1 is 1.00 bits per heavy atom. The number of nitriles is 2. The summed E-state index contributed by atoms with van der Waals surface area (Å²) in [6, 6.07) is 21.6. The fraction of sp³-hybridized carbons (Fsp3) is 0.192. The summed E-state index contributed by atoms with van der Waals surface area (Å²) in [6.07, 6.45) is -4.70. The Morgan fingerprint density at radius 2 is 1.65 bits per heavy atom. The number of alkyl halides is 3. The van der Waals surface area contributed by atoms with Gasteiger partial charge in [-0.25, -0.2) is 0 Å². The molecule has 1 N–H and O–H groups in total. The lowest BCUT2D eigenvalue weighted by atomic mass is 9.99. The Balaban J connectivity index is 1.75. The average Bonchev–Trinajstić information content (AvgIpc) is 2.83. The molecule has 0 spiro atoms. The van der Waals surface area contributed by atoms with Crippen molar-refractivity contribution >= 4 is 17.3 Å². The molecule has 0 bridgehead atoms. The Bertz CT molecular complexity index is 1270. The van der Waals surface area contributed by atoms with Gasteiger partial charge in [0, 0.05) is 30.5 Å². The third-order valence-corrected chi connectivity index (χ3v) is 5.36. The normalized spacial score (nSPS) is 11.7. The zero-order chi connectivity index (χ0) is 24.9. The van der Waals surface area contributed by atoms with Crippen molar-refractivity contribution in [1.82, 2.24) is 0 Å². The minimum atomic E-state index is -4.70. The number of nitrogens with zero attached hydrogens (tertiary/aromatic N) is 3. The monoisotopic (exact) mass is 462 g/mol. The molecule has 3 aromatic carbocycles. The first-order chi connectivity index (χ1) is 16.1. The highest BCUT2D eigenvalue weighted by molar-refractivity contribution is 5.93. The number of hydrogen-bond donors (Lipinski definition) is 1. The summed E-state index contributed by atoms with van der Waals surface area (Å²) in [5, 5.41) is 20.9. The number of halogens is 3. The molecular formula is C26H21F3N4O. The van der Waals surface area contributed by atoms with E-state index in [0.29, 0.717) is 5.56 Å². The van der Waals surface area contributed by atoms with E-state index < -0.39 is 29.1 Å². The van der Waals surface area contributed by atoms with E-state index in [4.69, 9.17) is 5.26 Å². The zero-order valence-electron chi connectivity index (χ0n) is 18.5. The first-order valence-corrected chi connectivity index (χ1v) is 10.4. The molecule has 0 aliphatic rings. The van der Waals surface area contributed by atoms with E-state index in [1.165, 1.54) is 12.1 Å². The van der Waals surface area contributed by atoms with Crippen molar-refractivity contribution in [2.45, 2.75) is 13.1 Å². The second-order valence-electron chi connectivity index (χ2n) is 7.85. The van der Waals surface area contributed by atoms with Gasteiger partial charge in [-0.1, -0.05) is 37.3 Å². The van der Waals surface area contributed by atoms with Crippen LogP contribution in [0.15, 0.2) is 66.7 Å². The van der Waals surface area contributed by atoms with Crippen molar-refractivity contribution in [3.63, 3.8) is 0 Å². The molecule has 34 heavy (non-hydrogen) atoms. The van der Waals surface area contributed by atoms with Crippen LogP contribution in [-0.2, 0) is 11.0 Å². The Hall–Kier alpha value is -4.30. The molecule has 0 radical (unpaired) electrons. The number of anilines is 2. The van der Waals surface area contributed by atoms with E-state index in [2.05, 4.69) is 11.4 Å². The maximum atomic E-state index is 13.2. The summed E-state index contributed by atoms with van der Waals surface area (Å²) in [5.41, 5.74) is 1.33. The molecule has 0 aliphatic heterocycles. The van der Waals surface area contributed by atoms with Gasteiger partial charge >= 0.3 is 6.18 Å². The summed E-state index contributed by atoms with van der Waals surface area (Å²) >= 11 is 0. The van der Waals surface area contributed by atoms with Gasteiger partial charge in [0.1, 0.15) is 0 Å². The second kappa shape index (κ2) is 10.1. The predicted octanol–water partition coefficient (Wildman–Crippen LogP) is 5.83. The van der Waals surface area contributed by atoms with Gasteiger partial charge in [-0.15, -0.1) is 0 Å². The number of amides is 1. The van der Waals surface area contributed by atoms with Crippen molar-refractivity contribution in [2.24, 2.45) is 5.92 Å². The third kappa shape index (κ3) is 5.54. The molecule has 0 saturated heterocycles. The van der Waals surface area contributed by atoms with Crippen molar-refractivity contribution in [3.8, 4) is 23.3 Å². The van der Waals surface area contributed by atoms with Crippen LogP contribution in [-0.4, -0.2) is 19.5 Å². The number of rotatable bonds is 6. The Labute approximate surface area is 195 Å². The molecule has 0 fully saturated rings. The first kappa shape index (κ1) is 24.3. The number of carbonyl (C=O) groups excluding carboxylic acids is 1. The standard InChI is InChI=1S/C26H21F3N4O/c1-17(25(34)32-21-10-8-20(15-31)24(12-21)26(27,28)29)16-33(2)22-11-9-19(14-30)23(13-22)18-6-4-3-5-7-18/h3-13,17H,16H2,1-2H3,(H,32,34). The van der Waals surface area contributed by atoms with Crippen molar-refractivity contribution < 1.29 is 18.0 Å². The molecular weight excluding hydrogens is 441 g/mol. The first-order valence-electron chi connectivity index (χ1n) is 10.4. The quantitative estimate of drug-likeness (QED) is 0.500. The van der Waals surface area contributed by atoms with Gasteiger partial charge in [0.05, 0.1) is 34.7 Å². The predicted molar refractivity (Wildman–Crippen MR) is 124 cm³/mol. The lowest BCUT2D eigenvalue weighted by molar-refractivity contribution is -0.137. The highest BCUT2D eigenvalue weighted by Crippen LogP contribution is 2.34. The van der Waals surface area contributed by atoms with Gasteiger partial charge in [-0.2, -0.15) is 23.7 Å². The van der Waals surface area contributed by atoms with Crippen LogP contribution in [0.25, 0.3) is 11.1 Å². The van der Waals surface area contributed by atoms with E-state index in [1.807, 2.05) is 41.3 Å². The third-order valence-electron chi connectivity index (χ3n) is 5.36. The smallest absolute Gasteiger partial charge is 0.374 e. The molecule has 172 valence electrons. The molecule has 3 aromatic rings. The lowest BCUT2D eigenvalue weighted by Gasteiger charge is -2.24. The van der Waals surface area contributed by atoms with Gasteiger partial charge in [0.15, 0.2) is 0 Å². The average molecular weight is 462 g/mol. The number of nitrogens with one attached hydrogen (secondary N) is 1. The summed E-state index contributed by atoms with van der Waals surface area (Å²) in [6.45, 7) is 1.95. The molecule has 1 unspecified atom stereocenters. The van der Waals surface area contributed by atoms with Crippen LogP contribution >= 0.6 is 0 Å². The summed E-state index contributed by atoms with van der Waals surface area (Å²) < 4.78 is 39.6. The fourth-order valence-corrected chi connectivity index (χ4v) is 3.54. The van der Waals surface area contributed by atoms with Crippen LogP contribution < -0.4 is 10.2 Å². The van der Waals surface area contributed by atoms with Crippen LogP contribution in [0.1, 0.15) is 23.6 Å². The number of benzene rings is 3. The minimum Gasteiger partial charge on any atom is -0.374 e. The lowest BCUT2D eigenvalue weighted by Crippen LogP contribution is -2.32. The number of carbonyl (C=O) groups is 1. The van der Waals surface area contributed by atoms with Crippen LogP contribution in [0.4, 0.5) is 24.5 Å².